The van der Waals surface area contributed by atoms with Crippen molar-refractivity contribution in [2.75, 3.05) is 12.4 Å². The summed E-state index contributed by atoms with van der Waals surface area (Å²) >= 11 is 0. The molecule has 0 atom stereocenters. The normalized spacial score (nSPS) is 15.9. The van der Waals surface area contributed by atoms with Crippen LogP contribution in [0, 0.1) is 0 Å². The van der Waals surface area contributed by atoms with Gasteiger partial charge in [0.05, 0.1) is 0 Å². The molecule has 4 heteroatoms. The second-order valence-electron chi connectivity index (χ2n) is 5.19. The summed E-state index contributed by atoms with van der Waals surface area (Å²) in [7, 11) is 3.92. The molecule has 1 aliphatic carbocycles. The fourth-order valence-electron chi connectivity index (χ4n) is 2.89. The van der Waals surface area contributed by atoms with Gasteiger partial charge in [-0.2, -0.15) is 5.10 Å². The number of benzene rings is 1. The Bertz CT molecular complexity index is 567. The van der Waals surface area contributed by atoms with Crippen LogP contribution in [0.5, 0.6) is 0 Å². The highest BCUT2D eigenvalue weighted by atomic mass is 15.3. The van der Waals surface area contributed by atoms with Gasteiger partial charge in [-0.3, -0.25) is 0 Å². The van der Waals surface area contributed by atoms with E-state index in [0.717, 1.165) is 22.9 Å². The van der Waals surface area contributed by atoms with Crippen molar-refractivity contribution in [1.82, 2.24) is 14.8 Å². The van der Waals surface area contributed by atoms with E-state index in [2.05, 4.69) is 22.5 Å². The molecule has 1 aliphatic rings. The van der Waals surface area contributed by atoms with Crippen molar-refractivity contribution in [2.24, 2.45) is 7.05 Å². The van der Waals surface area contributed by atoms with Crippen LogP contribution in [-0.2, 0) is 7.05 Å². The molecule has 0 spiro atoms. The zero-order valence-corrected chi connectivity index (χ0v) is 11.6. The second-order valence-corrected chi connectivity index (χ2v) is 5.19. The molecule has 0 amide bonds. The molecule has 1 heterocycles. The lowest BCUT2D eigenvalue weighted by Crippen LogP contribution is -1.98. The Kier molecular flexibility index (Phi) is 3.23. The van der Waals surface area contributed by atoms with Gasteiger partial charge < -0.3 is 5.32 Å². The number of rotatable bonds is 3. The van der Waals surface area contributed by atoms with Gasteiger partial charge in [0.15, 0.2) is 11.6 Å². The summed E-state index contributed by atoms with van der Waals surface area (Å²) in [5, 5.41) is 7.84. The highest BCUT2D eigenvalue weighted by molar-refractivity contribution is 5.73. The van der Waals surface area contributed by atoms with E-state index in [4.69, 9.17) is 4.98 Å². The molecule has 4 nitrogen and oxygen atoms in total. The van der Waals surface area contributed by atoms with Gasteiger partial charge in [-0.15, -0.1) is 0 Å². The van der Waals surface area contributed by atoms with E-state index in [1.54, 1.807) is 0 Å². The van der Waals surface area contributed by atoms with E-state index in [1.807, 2.05) is 30.9 Å². The maximum atomic E-state index is 4.78. The molecule has 0 saturated heterocycles. The van der Waals surface area contributed by atoms with E-state index in [0.29, 0.717) is 5.92 Å². The summed E-state index contributed by atoms with van der Waals surface area (Å²) in [6.07, 6.45) is 5.09. The molecule has 0 bridgehead atoms. The van der Waals surface area contributed by atoms with E-state index in [9.17, 15) is 0 Å². The number of aryl methyl sites for hydroxylation is 1. The van der Waals surface area contributed by atoms with Crippen molar-refractivity contribution in [3.63, 3.8) is 0 Å². The highest BCUT2D eigenvalue weighted by Crippen LogP contribution is 2.34. The van der Waals surface area contributed by atoms with Crippen LogP contribution in [0.3, 0.4) is 0 Å². The average molecular weight is 256 g/mol. The fraction of sp³-hybridized carbons (Fsp3) is 0.467. The van der Waals surface area contributed by atoms with Gasteiger partial charge in [0.2, 0.25) is 0 Å². The molecule has 0 radical (unpaired) electrons. The molecule has 1 N–H and O–H groups in total. The average Bonchev–Trinajstić information content (AvgIpc) is 3.07. The minimum absolute atomic E-state index is 0.557. The molecule has 19 heavy (non-hydrogen) atoms. The van der Waals surface area contributed by atoms with Crippen molar-refractivity contribution >= 4 is 5.69 Å². The number of aromatic nitrogens is 3. The third-order valence-corrected chi connectivity index (χ3v) is 3.94. The number of nitrogens with zero attached hydrogens (tertiary/aromatic N) is 3. The Hall–Kier alpha value is -1.84. The molecule has 100 valence electrons. The standard InChI is InChI=1S/C15H20N4/c1-16-13-10-6-5-9-12(13)15-17-14(18-19(15)2)11-7-3-4-8-11/h5-6,9-11,16H,3-4,7-8H2,1-2H3. The smallest absolute Gasteiger partial charge is 0.160 e. The Balaban J connectivity index is 2.00. The van der Waals surface area contributed by atoms with E-state index in [1.165, 1.54) is 25.7 Å². The molecular formula is C15H20N4. The summed E-state index contributed by atoms with van der Waals surface area (Å²) < 4.78 is 1.91. The molecule has 1 aromatic carbocycles. The topological polar surface area (TPSA) is 42.7 Å². The van der Waals surface area contributed by atoms with Crippen molar-refractivity contribution in [3.05, 3.63) is 30.1 Å². The summed E-state index contributed by atoms with van der Waals surface area (Å²) in [6, 6.07) is 8.23. The maximum absolute atomic E-state index is 4.78. The SMILES string of the molecule is CNc1ccccc1-c1nc(C2CCCC2)nn1C. The minimum atomic E-state index is 0.557. The van der Waals surface area contributed by atoms with Gasteiger partial charge in [-0.05, 0) is 25.0 Å². The molecule has 2 aromatic rings. The van der Waals surface area contributed by atoms with Crippen LogP contribution >= 0.6 is 0 Å². The van der Waals surface area contributed by atoms with Crippen LogP contribution in [0.4, 0.5) is 5.69 Å². The molecule has 1 saturated carbocycles. The summed E-state index contributed by atoms with van der Waals surface area (Å²) in [4.78, 5) is 4.78. The van der Waals surface area contributed by atoms with E-state index < -0.39 is 0 Å². The Morgan fingerprint density at radius 2 is 1.95 bits per heavy atom. The lowest BCUT2D eigenvalue weighted by Gasteiger charge is -2.07. The fourth-order valence-corrected chi connectivity index (χ4v) is 2.89. The largest absolute Gasteiger partial charge is 0.388 e. The van der Waals surface area contributed by atoms with Gasteiger partial charge in [0.1, 0.15) is 0 Å². The summed E-state index contributed by atoms with van der Waals surface area (Å²) in [5.41, 5.74) is 2.21. The van der Waals surface area contributed by atoms with Crippen LogP contribution in [0.15, 0.2) is 24.3 Å². The molecular weight excluding hydrogens is 236 g/mol. The minimum Gasteiger partial charge on any atom is -0.388 e. The number of hydrogen-bond donors (Lipinski definition) is 1. The van der Waals surface area contributed by atoms with Crippen LogP contribution in [0.25, 0.3) is 11.4 Å². The number of nitrogens with one attached hydrogen (secondary N) is 1. The first-order valence-electron chi connectivity index (χ1n) is 6.97. The van der Waals surface area contributed by atoms with Crippen LogP contribution in [0.1, 0.15) is 37.4 Å². The third-order valence-electron chi connectivity index (χ3n) is 3.94. The zero-order valence-electron chi connectivity index (χ0n) is 11.6. The highest BCUT2D eigenvalue weighted by Gasteiger charge is 2.23. The van der Waals surface area contributed by atoms with Gasteiger partial charge in [-0.25, -0.2) is 9.67 Å². The Labute approximate surface area is 113 Å². The van der Waals surface area contributed by atoms with Gasteiger partial charge in [0, 0.05) is 31.3 Å². The predicted octanol–water partition coefficient (Wildman–Crippen LogP) is 3.18. The van der Waals surface area contributed by atoms with Crippen LogP contribution in [-0.4, -0.2) is 21.8 Å². The monoisotopic (exact) mass is 256 g/mol. The second kappa shape index (κ2) is 5.03. The summed E-state index contributed by atoms with van der Waals surface area (Å²) in [5.74, 6) is 2.52. The number of para-hydroxylation sites is 1. The third kappa shape index (κ3) is 2.23. The molecule has 1 aromatic heterocycles. The van der Waals surface area contributed by atoms with Crippen molar-refractivity contribution in [1.29, 1.82) is 0 Å². The quantitative estimate of drug-likeness (QED) is 0.917. The Morgan fingerprint density at radius 1 is 1.21 bits per heavy atom. The molecule has 3 rings (SSSR count). The van der Waals surface area contributed by atoms with Gasteiger partial charge in [-0.1, -0.05) is 25.0 Å². The van der Waals surface area contributed by atoms with Crippen molar-refractivity contribution in [2.45, 2.75) is 31.6 Å². The van der Waals surface area contributed by atoms with E-state index in [-0.39, 0.29) is 0 Å². The summed E-state index contributed by atoms with van der Waals surface area (Å²) in [6.45, 7) is 0. The van der Waals surface area contributed by atoms with Crippen LogP contribution in [0.2, 0.25) is 0 Å². The van der Waals surface area contributed by atoms with Crippen molar-refractivity contribution < 1.29 is 0 Å². The lowest BCUT2D eigenvalue weighted by molar-refractivity contribution is 0.648. The van der Waals surface area contributed by atoms with E-state index >= 15 is 0 Å². The maximum Gasteiger partial charge on any atom is 0.160 e. The zero-order chi connectivity index (χ0) is 13.2. The number of hydrogen-bond acceptors (Lipinski definition) is 3. The number of anilines is 1. The predicted molar refractivity (Wildman–Crippen MR) is 77.2 cm³/mol. The molecule has 0 unspecified atom stereocenters. The molecule has 0 aliphatic heterocycles. The first-order chi connectivity index (χ1) is 9.29. The van der Waals surface area contributed by atoms with Crippen LogP contribution < -0.4 is 5.32 Å². The molecule has 1 fully saturated rings. The lowest BCUT2D eigenvalue weighted by atomic mass is 10.1. The first kappa shape index (κ1) is 12.2. The Morgan fingerprint density at radius 3 is 2.68 bits per heavy atom. The van der Waals surface area contributed by atoms with Gasteiger partial charge in [0.25, 0.3) is 0 Å². The van der Waals surface area contributed by atoms with Gasteiger partial charge >= 0.3 is 0 Å². The first-order valence-corrected chi connectivity index (χ1v) is 6.97. The van der Waals surface area contributed by atoms with Crippen molar-refractivity contribution in [3.8, 4) is 11.4 Å².